The fourth-order valence-electron chi connectivity index (χ4n) is 1.60. The van der Waals surface area contributed by atoms with Gasteiger partial charge in [0, 0.05) is 10.7 Å². The molecule has 0 spiro atoms. The third kappa shape index (κ3) is 5.23. The van der Waals surface area contributed by atoms with Crippen LogP contribution in [0, 0.1) is 5.82 Å². The van der Waals surface area contributed by atoms with Crippen LogP contribution in [0.2, 0.25) is 10.0 Å². The maximum absolute atomic E-state index is 13.1. The summed E-state index contributed by atoms with van der Waals surface area (Å²) >= 11 is 11.4. The van der Waals surface area contributed by atoms with Crippen LogP contribution in [-0.2, 0) is 9.63 Å². The van der Waals surface area contributed by atoms with E-state index in [0.29, 0.717) is 10.7 Å². The van der Waals surface area contributed by atoms with Crippen LogP contribution in [0.15, 0.2) is 47.6 Å². The van der Waals surface area contributed by atoms with E-state index in [1.165, 1.54) is 24.4 Å². The molecule has 2 aromatic rings. The molecule has 1 unspecified atom stereocenters. The van der Waals surface area contributed by atoms with Gasteiger partial charge in [-0.2, -0.15) is 0 Å². The molecular weight excluding hydrogens is 342 g/mol. The van der Waals surface area contributed by atoms with Crippen molar-refractivity contribution < 1.29 is 14.0 Å². The Morgan fingerprint density at radius 3 is 2.61 bits per heavy atom. The Morgan fingerprint density at radius 1 is 1.26 bits per heavy atom. The van der Waals surface area contributed by atoms with Crippen molar-refractivity contribution in [2.24, 2.45) is 5.16 Å². The topological polar surface area (TPSA) is 50.7 Å². The standard InChI is InChI=1S/C16H13Cl2FN2O2/c1-10(23-20-9-11-2-4-12(17)5-3-11)16(22)21-13-6-7-15(19)14(18)8-13/h2-10H,1H3,(H,21,22)/b20-9+. The molecule has 0 fully saturated rings. The Hall–Kier alpha value is -2.11. The molecule has 2 aromatic carbocycles. The molecule has 7 heteroatoms. The monoisotopic (exact) mass is 354 g/mol. The van der Waals surface area contributed by atoms with E-state index in [-0.39, 0.29) is 5.02 Å². The van der Waals surface area contributed by atoms with Crippen molar-refractivity contribution in [2.45, 2.75) is 13.0 Å². The number of carbonyl (C=O) groups excluding carboxylic acids is 1. The van der Waals surface area contributed by atoms with Crippen molar-refractivity contribution in [3.8, 4) is 0 Å². The number of rotatable bonds is 5. The first-order chi connectivity index (χ1) is 11.0. The summed E-state index contributed by atoms with van der Waals surface area (Å²) in [6, 6.07) is 10.9. The van der Waals surface area contributed by atoms with Gasteiger partial charge in [0.1, 0.15) is 5.82 Å². The number of halogens is 3. The Balaban J connectivity index is 1.89. The average molecular weight is 355 g/mol. The minimum Gasteiger partial charge on any atom is -0.383 e. The predicted octanol–water partition coefficient (Wildman–Crippen LogP) is 4.51. The largest absolute Gasteiger partial charge is 0.383 e. The highest BCUT2D eigenvalue weighted by Crippen LogP contribution is 2.19. The molecule has 1 N–H and O–H groups in total. The molecule has 120 valence electrons. The first kappa shape index (κ1) is 17.2. The smallest absolute Gasteiger partial charge is 0.267 e. The zero-order valence-corrected chi connectivity index (χ0v) is 13.6. The van der Waals surface area contributed by atoms with Gasteiger partial charge in [-0.25, -0.2) is 4.39 Å². The van der Waals surface area contributed by atoms with E-state index in [1.807, 2.05) is 0 Å². The van der Waals surface area contributed by atoms with Crippen molar-refractivity contribution in [1.82, 2.24) is 0 Å². The average Bonchev–Trinajstić information content (AvgIpc) is 2.52. The van der Waals surface area contributed by atoms with Gasteiger partial charge in [-0.05, 0) is 42.8 Å². The van der Waals surface area contributed by atoms with Crippen LogP contribution in [0.1, 0.15) is 12.5 Å². The van der Waals surface area contributed by atoms with Crippen LogP contribution >= 0.6 is 23.2 Å². The van der Waals surface area contributed by atoms with Crippen molar-refractivity contribution in [3.05, 3.63) is 63.9 Å². The van der Waals surface area contributed by atoms with Gasteiger partial charge in [0.05, 0.1) is 11.2 Å². The molecule has 0 aromatic heterocycles. The third-order valence-electron chi connectivity index (χ3n) is 2.85. The van der Waals surface area contributed by atoms with Gasteiger partial charge >= 0.3 is 0 Å². The second-order valence-electron chi connectivity index (χ2n) is 4.65. The molecule has 0 aliphatic heterocycles. The SMILES string of the molecule is CC(O/N=C/c1ccc(Cl)cc1)C(=O)Nc1ccc(F)c(Cl)c1. The number of nitrogens with zero attached hydrogens (tertiary/aromatic N) is 1. The predicted molar refractivity (Wildman–Crippen MR) is 89.6 cm³/mol. The lowest BCUT2D eigenvalue weighted by atomic mass is 10.2. The van der Waals surface area contributed by atoms with Crippen molar-refractivity contribution in [3.63, 3.8) is 0 Å². The summed E-state index contributed by atoms with van der Waals surface area (Å²) in [6.45, 7) is 1.54. The second kappa shape index (κ2) is 7.94. The van der Waals surface area contributed by atoms with E-state index in [1.54, 1.807) is 31.2 Å². The molecule has 0 aliphatic rings. The maximum Gasteiger partial charge on any atom is 0.267 e. The van der Waals surface area contributed by atoms with Crippen molar-refractivity contribution >= 4 is 41.0 Å². The lowest BCUT2D eigenvalue weighted by Crippen LogP contribution is -2.26. The Labute approximate surface area is 142 Å². The number of anilines is 1. The van der Waals surface area contributed by atoms with E-state index in [2.05, 4.69) is 10.5 Å². The molecule has 0 aliphatic carbocycles. The van der Waals surface area contributed by atoms with E-state index in [9.17, 15) is 9.18 Å². The van der Waals surface area contributed by atoms with Crippen LogP contribution in [0.25, 0.3) is 0 Å². The normalized spacial score (nSPS) is 12.2. The number of oxime groups is 1. The fraction of sp³-hybridized carbons (Fsp3) is 0.125. The van der Waals surface area contributed by atoms with Gasteiger partial charge in [0.2, 0.25) is 6.10 Å². The molecule has 0 heterocycles. The lowest BCUT2D eigenvalue weighted by molar-refractivity contribution is -0.126. The number of nitrogens with one attached hydrogen (secondary N) is 1. The van der Waals surface area contributed by atoms with E-state index in [4.69, 9.17) is 28.0 Å². The maximum atomic E-state index is 13.1. The summed E-state index contributed by atoms with van der Waals surface area (Å²) in [5.41, 5.74) is 1.16. The highest BCUT2D eigenvalue weighted by Gasteiger charge is 2.14. The van der Waals surface area contributed by atoms with Crippen LogP contribution < -0.4 is 5.32 Å². The molecule has 0 bridgehead atoms. The van der Waals surface area contributed by atoms with Crippen LogP contribution in [0.4, 0.5) is 10.1 Å². The summed E-state index contributed by atoms with van der Waals surface area (Å²) in [5.74, 6) is -0.984. The van der Waals surface area contributed by atoms with Crippen molar-refractivity contribution in [2.75, 3.05) is 5.32 Å². The summed E-state index contributed by atoms with van der Waals surface area (Å²) in [4.78, 5) is 17.0. The minimum atomic E-state index is -0.831. The Bertz CT molecular complexity index is 721. The summed E-state index contributed by atoms with van der Waals surface area (Å²) < 4.78 is 13.1. The number of amides is 1. The minimum absolute atomic E-state index is 0.0721. The lowest BCUT2D eigenvalue weighted by Gasteiger charge is -2.10. The number of carbonyl (C=O) groups is 1. The Morgan fingerprint density at radius 2 is 1.96 bits per heavy atom. The highest BCUT2D eigenvalue weighted by molar-refractivity contribution is 6.31. The molecule has 23 heavy (non-hydrogen) atoms. The number of hydrogen-bond acceptors (Lipinski definition) is 3. The zero-order chi connectivity index (χ0) is 16.8. The van der Waals surface area contributed by atoms with E-state index < -0.39 is 17.8 Å². The molecular formula is C16H13Cl2FN2O2. The quantitative estimate of drug-likeness (QED) is 0.634. The van der Waals surface area contributed by atoms with Crippen LogP contribution in [0.3, 0.4) is 0 Å². The molecule has 2 rings (SSSR count). The van der Waals surface area contributed by atoms with Gasteiger partial charge in [-0.1, -0.05) is 40.5 Å². The van der Waals surface area contributed by atoms with Crippen LogP contribution in [-0.4, -0.2) is 18.2 Å². The molecule has 4 nitrogen and oxygen atoms in total. The third-order valence-corrected chi connectivity index (χ3v) is 3.39. The fourth-order valence-corrected chi connectivity index (χ4v) is 1.90. The summed E-state index contributed by atoms with van der Waals surface area (Å²) in [7, 11) is 0. The highest BCUT2D eigenvalue weighted by atomic mass is 35.5. The first-order valence-electron chi connectivity index (χ1n) is 6.66. The van der Waals surface area contributed by atoms with Gasteiger partial charge in [0.25, 0.3) is 5.91 Å². The van der Waals surface area contributed by atoms with Gasteiger partial charge < -0.3 is 10.2 Å². The molecule has 0 saturated carbocycles. The van der Waals surface area contributed by atoms with Crippen molar-refractivity contribution in [1.29, 1.82) is 0 Å². The number of hydrogen-bond donors (Lipinski definition) is 1. The van der Waals surface area contributed by atoms with Gasteiger partial charge in [-0.3, -0.25) is 4.79 Å². The zero-order valence-electron chi connectivity index (χ0n) is 12.1. The van der Waals surface area contributed by atoms with Crippen LogP contribution in [0.5, 0.6) is 0 Å². The van der Waals surface area contributed by atoms with Gasteiger partial charge in [-0.15, -0.1) is 0 Å². The molecule has 1 atom stereocenters. The molecule has 0 saturated heterocycles. The van der Waals surface area contributed by atoms with E-state index >= 15 is 0 Å². The second-order valence-corrected chi connectivity index (χ2v) is 5.50. The molecule has 1 amide bonds. The summed E-state index contributed by atoms with van der Waals surface area (Å²) in [5, 5.41) is 6.86. The summed E-state index contributed by atoms with van der Waals surface area (Å²) in [6.07, 6.45) is 0.636. The Kier molecular flexibility index (Phi) is 5.96. The van der Waals surface area contributed by atoms with Gasteiger partial charge in [0.15, 0.2) is 0 Å². The molecule has 0 radical (unpaired) electrons. The number of benzene rings is 2. The van der Waals surface area contributed by atoms with E-state index in [0.717, 1.165) is 5.56 Å². The first-order valence-corrected chi connectivity index (χ1v) is 7.42.